The number of rotatable bonds is 7. The van der Waals surface area contributed by atoms with E-state index in [0.29, 0.717) is 6.04 Å². The van der Waals surface area contributed by atoms with Gasteiger partial charge in [-0.3, -0.25) is 4.68 Å². The minimum atomic E-state index is 0.362. The van der Waals surface area contributed by atoms with Crippen molar-refractivity contribution < 1.29 is 4.74 Å². The van der Waals surface area contributed by atoms with Gasteiger partial charge in [-0.1, -0.05) is 6.92 Å². The van der Waals surface area contributed by atoms with Crippen LogP contribution in [0.4, 0.5) is 0 Å². The molecule has 0 saturated heterocycles. The highest BCUT2D eigenvalue weighted by molar-refractivity contribution is 5.27. The zero-order valence-corrected chi connectivity index (χ0v) is 11.7. The van der Waals surface area contributed by atoms with Gasteiger partial charge in [0.15, 0.2) is 0 Å². The quantitative estimate of drug-likeness (QED) is 0.741. The van der Waals surface area contributed by atoms with E-state index in [4.69, 9.17) is 4.74 Å². The number of ether oxygens (including phenoxy) is 1. The van der Waals surface area contributed by atoms with Gasteiger partial charge in [0.2, 0.25) is 0 Å². The SMILES string of the molecule is CCNC(C)c1c(C)nn(CCOCC)c1C. The maximum atomic E-state index is 5.37. The third kappa shape index (κ3) is 3.54. The summed E-state index contributed by atoms with van der Waals surface area (Å²) in [6, 6.07) is 0.362. The topological polar surface area (TPSA) is 39.1 Å². The van der Waals surface area contributed by atoms with E-state index < -0.39 is 0 Å². The number of aryl methyl sites for hydroxylation is 1. The predicted molar refractivity (Wildman–Crippen MR) is 70.3 cm³/mol. The molecule has 0 radical (unpaired) electrons. The monoisotopic (exact) mass is 239 g/mol. The Morgan fingerprint density at radius 1 is 1.35 bits per heavy atom. The second-order valence-electron chi connectivity index (χ2n) is 4.28. The highest BCUT2D eigenvalue weighted by Gasteiger charge is 2.16. The Hall–Kier alpha value is -0.870. The van der Waals surface area contributed by atoms with E-state index >= 15 is 0 Å². The van der Waals surface area contributed by atoms with Crippen LogP contribution in [-0.2, 0) is 11.3 Å². The van der Waals surface area contributed by atoms with Gasteiger partial charge in [0, 0.05) is 23.9 Å². The van der Waals surface area contributed by atoms with Crippen LogP contribution in [0, 0.1) is 13.8 Å². The molecule has 0 amide bonds. The number of hydrogen-bond acceptors (Lipinski definition) is 3. The van der Waals surface area contributed by atoms with E-state index in [9.17, 15) is 0 Å². The normalized spacial score (nSPS) is 13.0. The largest absolute Gasteiger partial charge is 0.380 e. The van der Waals surface area contributed by atoms with Crippen LogP contribution in [0.25, 0.3) is 0 Å². The van der Waals surface area contributed by atoms with Gasteiger partial charge in [-0.05, 0) is 34.2 Å². The van der Waals surface area contributed by atoms with Gasteiger partial charge >= 0.3 is 0 Å². The van der Waals surface area contributed by atoms with E-state index in [-0.39, 0.29) is 0 Å². The fourth-order valence-corrected chi connectivity index (χ4v) is 2.26. The third-order valence-electron chi connectivity index (χ3n) is 3.03. The third-order valence-corrected chi connectivity index (χ3v) is 3.03. The van der Waals surface area contributed by atoms with Gasteiger partial charge in [0.1, 0.15) is 0 Å². The van der Waals surface area contributed by atoms with Crippen molar-refractivity contribution in [3.05, 3.63) is 17.0 Å². The summed E-state index contributed by atoms with van der Waals surface area (Å²) in [6.45, 7) is 13.8. The Kier molecular flexibility index (Phi) is 5.65. The lowest BCUT2D eigenvalue weighted by Gasteiger charge is -2.13. The minimum Gasteiger partial charge on any atom is -0.380 e. The van der Waals surface area contributed by atoms with Crippen LogP contribution in [-0.4, -0.2) is 29.5 Å². The molecule has 1 atom stereocenters. The molecule has 0 aliphatic rings. The molecular formula is C13H25N3O. The molecule has 17 heavy (non-hydrogen) atoms. The highest BCUT2D eigenvalue weighted by Crippen LogP contribution is 2.20. The molecule has 0 aliphatic heterocycles. The summed E-state index contributed by atoms with van der Waals surface area (Å²) in [7, 11) is 0. The summed E-state index contributed by atoms with van der Waals surface area (Å²) in [5.74, 6) is 0. The molecule has 0 saturated carbocycles. The molecule has 98 valence electrons. The van der Waals surface area contributed by atoms with Crippen LogP contribution in [0.5, 0.6) is 0 Å². The van der Waals surface area contributed by atoms with E-state index in [1.807, 2.05) is 11.6 Å². The molecule has 0 aliphatic carbocycles. The van der Waals surface area contributed by atoms with Gasteiger partial charge < -0.3 is 10.1 Å². The molecule has 0 aromatic carbocycles. The smallest absolute Gasteiger partial charge is 0.0662 e. The minimum absolute atomic E-state index is 0.362. The first-order valence-corrected chi connectivity index (χ1v) is 6.46. The molecule has 1 rings (SSSR count). The van der Waals surface area contributed by atoms with Crippen LogP contribution >= 0.6 is 0 Å². The summed E-state index contributed by atoms with van der Waals surface area (Å²) in [5.41, 5.74) is 3.69. The molecule has 0 fully saturated rings. The Morgan fingerprint density at radius 2 is 2.06 bits per heavy atom. The van der Waals surface area contributed by atoms with Crippen molar-refractivity contribution in [3.8, 4) is 0 Å². The lowest BCUT2D eigenvalue weighted by atomic mass is 10.1. The van der Waals surface area contributed by atoms with Crippen molar-refractivity contribution in [2.24, 2.45) is 0 Å². The molecule has 1 aromatic rings. The van der Waals surface area contributed by atoms with Crippen molar-refractivity contribution >= 4 is 0 Å². The van der Waals surface area contributed by atoms with Gasteiger partial charge in [0.05, 0.1) is 18.8 Å². The highest BCUT2D eigenvalue weighted by atomic mass is 16.5. The molecule has 4 heteroatoms. The Bertz CT molecular complexity index is 347. The van der Waals surface area contributed by atoms with Crippen LogP contribution in [0.2, 0.25) is 0 Å². The Balaban J connectivity index is 2.78. The summed E-state index contributed by atoms with van der Waals surface area (Å²) in [5, 5.41) is 8.02. The van der Waals surface area contributed by atoms with Gasteiger partial charge in [-0.15, -0.1) is 0 Å². The molecule has 0 spiro atoms. The lowest BCUT2D eigenvalue weighted by Crippen LogP contribution is -2.19. The number of hydrogen-bond donors (Lipinski definition) is 1. The molecule has 1 aromatic heterocycles. The van der Waals surface area contributed by atoms with Crippen LogP contribution in [0.15, 0.2) is 0 Å². The fraction of sp³-hybridized carbons (Fsp3) is 0.769. The molecule has 1 heterocycles. The molecule has 1 N–H and O–H groups in total. The fourth-order valence-electron chi connectivity index (χ4n) is 2.26. The van der Waals surface area contributed by atoms with E-state index in [0.717, 1.165) is 32.0 Å². The van der Waals surface area contributed by atoms with Gasteiger partial charge in [-0.2, -0.15) is 5.10 Å². The van der Waals surface area contributed by atoms with E-state index in [1.54, 1.807) is 0 Å². The summed E-state index contributed by atoms with van der Waals surface area (Å²) >= 11 is 0. The summed E-state index contributed by atoms with van der Waals surface area (Å²) in [4.78, 5) is 0. The Labute approximate surface area is 104 Å². The van der Waals surface area contributed by atoms with Crippen molar-refractivity contribution in [3.63, 3.8) is 0 Å². The number of nitrogens with one attached hydrogen (secondary N) is 1. The first-order valence-electron chi connectivity index (χ1n) is 6.46. The maximum absolute atomic E-state index is 5.37. The summed E-state index contributed by atoms with van der Waals surface area (Å²) < 4.78 is 7.42. The lowest BCUT2D eigenvalue weighted by molar-refractivity contribution is 0.135. The number of aromatic nitrogens is 2. The van der Waals surface area contributed by atoms with E-state index in [1.165, 1.54) is 11.3 Å². The van der Waals surface area contributed by atoms with Gasteiger partial charge in [0.25, 0.3) is 0 Å². The average molecular weight is 239 g/mol. The first-order chi connectivity index (χ1) is 8.11. The second kappa shape index (κ2) is 6.77. The maximum Gasteiger partial charge on any atom is 0.0662 e. The molecular weight excluding hydrogens is 214 g/mol. The predicted octanol–water partition coefficient (Wildman–Crippen LogP) is 2.21. The standard InChI is InChI=1S/C13H25N3O/c1-6-14-10(3)13-11(4)15-16(12(13)5)8-9-17-7-2/h10,14H,6-9H2,1-5H3. The average Bonchev–Trinajstić information content (AvgIpc) is 2.55. The molecule has 0 bridgehead atoms. The van der Waals surface area contributed by atoms with Crippen molar-refractivity contribution in [1.29, 1.82) is 0 Å². The zero-order valence-electron chi connectivity index (χ0n) is 11.7. The Morgan fingerprint density at radius 3 is 2.65 bits per heavy atom. The second-order valence-corrected chi connectivity index (χ2v) is 4.28. The van der Waals surface area contributed by atoms with Crippen LogP contribution in [0.3, 0.4) is 0 Å². The van der Waals surface area contributed by atoms with Crippen molar-refractivity contribution in [2.75, 3.05) is 19.8 Å². The van der Waals surface area contributed by atoms with Gasteiger partial charge in [-0.25, -0.2) is 0 Å². The summed E-state index contributed by atoms with van der Waals surface area (Å²) in [6.07, 6.45) is 0. The van der Waals surface area contributed by atoms with E-state index in [2.05, 4.69) is 38.1 Å². The molecule has 4 nitrogen and oxygen atoms in total. The number of nitrogens with zero attached hydrogens (tertiary/aromatic N) is 2. The molecule has 1 unspecified atom stereocenters. The van der Waals surface area contributed by atoms with Crippen LogP contribution < -0.4 is 5.32 Å². The van der Waals surface area contributed by atoms with Crippen molar-refractivity contribution in [2.45, 2.75) is 47.2 Å². The first kappa shape index (κ1) is 14.2. The van der Waals surface area contributed by atoms with Crippen molar-refractivity contribution in [1.82, 2.24) is 15.1 Å². The zero-order chi connectivity index (χ0) is 12.8. The van der Waals surface area contributed by atoms with Crippen LogP contribution in [0.1, 0.15) is 43.8 Å².